The summed E-state index contributed by atoms with van der Waals surface area (Å²) in [6, 6.07) is 13.5. The molecule has 0 unspecified atom stereocenters. The highest BCUT2D eigenvalue weighted by atomic mass is 35.5. The van der Waals surface area contributed by atoms with E-state index in [1.807, 2.05) is 6.07 Å². The fourth-order valence-corrected chi connectivity index (χ4v) is 2.60. The first-order valence-electron chi connectivity index (χ1n) is 7.84. The van der Waals surface area contributed by atoms with Crippen LogP contribution in [0.25, 0.3) is 11.5 Å². The number of carbonyl (C=O) groups excluding carboxylic acids is 2. The molecular formula is C19H16ClN3O3. The molecule has 0 bridgehead atoms. The normalized spacial score (nSPS) is 10.5. The Balaban J connectivity index is 1.70. The lowest BCUT2D eigenvalue weighted by Gasteiger charge is -2.04. The largest absolute Gasteiger partial charge is 0.441 e. The number of carbonyl (C=O) groups is 2. The number of primary amides is 1. The quantitative estimate of drug-likeness (QED) is 0.718. The van der Waals surface area contributed by atoms with Crippen molar-refractivity contribution in [3.05, 3.63) is 70.6 Å². The molecule has 6 nitrogen and oxygen atoms in total. The maximum absolute atomic E-state index is 12.2. The van der Waals surface area contributed by atoms with Crippen molar-refractivity contribution in [2.24, 2.45) is 5.73 Å². The Morgan fingerprint density at radius 1 is 1.19 bits per heavy atom. The Bertz CT molecular complexity index is 964. The lowest BCUT2D eigenvalue weighted by atomic mass is 10.2. The zero-order valence-electron chi connectivity index (χ0n) is 14.0. The first-order valence-corrected chi connectivity index (χ1v) is 8.22. The van der Waals surface area contributed by atoms with Crippen LogP contribution in [-0.4, -0.2) is 16.8 Å². The number of benzene rings is 2. The van der Waals surface area contributed by atoms with Gasteiger partial charge in [0.15, 0.2) is 0 Å². The second-order valence-electron chi connectivity index (χ2n) is 5.70. The molecule has 3 rings (SSSR count). The van der Waals surface area contributed by atoms with Crippen molar-refractivity contribution in [2.45, 2.75) is 13.3 Å². The van der Waals surface area contributed by atoms with Gasteiger partial charge in [-0.3, -0.25) is 9.59 Å². The predicted molar refractivity (Wildman–Crippen MR) is 99.0 cm³/mol. The average molecular weight is 370 g/mol. The minimum atomic E-state index is -0.519. The third-order valence-corrected chi connectivity index (χ3v) is 3.98. The second-order valence-corrected chi connectivity index (χ2v) is 6.14. The Morgan fingerprint density at radius 2 is 1.92 bits per heavy atom. The molecule has 0 aliphatic rings. The van der Waals surface area contributed by atoms with Crippen LogP contribution in [-0.2, 0) is 11.2 Å². The van der Waals surface area contributed by atoms with Crippen molar-refractivity contribution < 1.29 is 14.0 Å². The van der Waals surface area contributed by atoms with Gasteiger partial charge in [-0.1, -0.05) is 17.7 Å². The lowest BCUT2D eigenvalue weighted by molar-refractivity contribution is -0.115. The molecule has 0 radical (unpaired) electrons. The lowest BCUT2D eigenvalue weighted by Crippen LogP contribution is -2.15. The Labute approximate surface area is 155 Å². The summed E-state index contributed by atoms with van der Waals surface area (Å²) in [6.45, 7) is 1.76. The number of hydrogen-bond donors (Lipinski definition) is 2. The summed E-state index contributed by atoms with van der Waals surface area (Å²) in [6.07, 6.45) is 0.0630. The first kappa shape index (κ1) is 17.7. The number of halogens is 1. The van der Waals surface area contributed by atoms with E-state index in [1.165, 1.54) is 0 Å². The Hall–Kier alpha value is -3.12. The van der Waals surface area contributed by atoms with Gasteiger partial charge in [-0.25, -0.2) is 4.98 Å². The standard InChI is InChI=1S/C19H16ClN3O3/c1-11-16(23-19(26-11)13-3-2-4-14(20)9-13)10-17(24)22-15-7-5-12(6-8-15)18(21)25/h2-9H,10H2,1H3,(H2,21,25)(H,22,24). The maximum Gasteiger partial charge on any atom is 0.248 e. The van der Waals surface area contributed by atoms with Crippen molar-refractivity contribution in [3.63, 3.8) is 0 Å². The van der Waals surface area contributed by atoms with E-state index in [0.29, 0.717) is 33.6 Å². The summed E-state index contributed by atoms with van der Waals surface area (Å²) in [7, 11) is 0. The summed E-state index contributed by atoms with van der Waals surface area (Å²) >= 11 is 5.98. The zero-order valence-corrected chi connectivity index (χ0v) is 14.7. The van der Waals surface area contributed by atoms with Crippen molar-refractivity contribution in [2.75, 3.05) is 5.32 Å². The monoisotopic (exact) mass is 369 g/mol. The van der Waals surface area contributed by atoms with E-state index in [-0.39, 0.29) is 12.3 Å². The third kappa shape index (κ3) is 4.10. The van der Waals surface area contributed by atoms with Crippen LogP contribution in [0.5, 0.6) is 0 Å². The maximum atomic E-state index is 12.2. The summed E-state index contributed by atoms with van der Waals surface area (Å²) in [4.78, 5) is 27.7. The molecule has 26 heavy (non-hydrogen) atoms. The molecule has 7 heteroatoms. The molecule has 0 saturated carbocycles. The molecule has 3 N–H and O–H groups in total. The SMILES string of the molecule is Cc1oc(-c2cccc(Cl)c2)nc1CC(=O)Nc1ccc(C(N)=O)cc1. The number of nitrogens with zero attached hydrogens (tertiary/aromatic N) is 1. The number of aromatic nitrogens is 1. The molecule has 0 aliphatic carbocycles. The fourth-order valence-electron chi connectivity index (χ4n) is 2.41. The van der Waals surface area contributed by atoms with E-state index in [0.717, 1.165) is 5.56 Å². The minimum absolute atomic E-state index is 0.0630. The number of rotatable bonds is 5. The van der Waals surface area contributed by atoms with E-state index in [2.05, 4.69) is 10.3 Å². The van der Waals surface area contributed by atoms with Gasteiger partial charge in [0.25, 0.3) is 0 Å². The molecule has 1 aromatic heterocycles. The highest BCUT2D eigenvalue weighted by Gasteiger charge is 2.15. The van der Waals surface area contributed by atoms with Crippen molar-refractivity contribution >= 4 is 29.1 Å². The van der Waals surface area contributed by atoms with Gasteiger partial charge in [0.1, 0.15) is 5.76 Å². The molecule has 0 aliphatic heterocycles. The van der Waals surface area contributed by atoms with E-state index >= 15 is 0 Å². The topological polar surface area (TPSA) is 98.2 Å². The molecule has 2 amide bonds. The smallest absolute Gasteiger partial charge is 0.248 e. The molecule has 0 fully saturated rings. The van der Waals surface area contributed by atoms with Gasteiger partial charge < -0.3 is 15.5 Å². The molecule has 3 aromatic rings. The average Bonchev–Trinajstić information content (AvgIpc) is 2.96. The molecule has 132 valence electrons. The van der Waals surface area contributed by atoms with Gasteiger partial charge in [0.05, 0.1) is 12.1 Å². The number of nitrogens with one attached hydrogen (secondary N) is 1. The number of oxazole rings is 1. The molecule has 0 atom stereocenters. The number of aryl methyl sites for hydroxylation is 1. The van der Waals surface area contributed by atoms with Crippen LogP contribution in [0.2, 0.25) is 5.02 Å². The number of hydrogen-bond acceptors (Lipinski definition) is 4. The molecule has 0 saturated heterocycles. The highest BCUT2D eigenvalue weighted by molar-refractivity contribution is 6.30. The van der Waals surface area contributed by atoms with Gasteiger partial charge >= 0.3 is 0 Å². The predicted octanol–water partition coefficient (Wildman–Crippen LogP) is 3.58. The second kappa shape index (κ2) is 7.41. The molecule has 2 aromatic carbocycles. The molecular weight excluding hydrogens is 354 g/mol. The number of amides is 2. The third-order valence-electron chi connectivity index (χ3n) is 3.75. The van der Waals surface area contributed by atoms with Gasteiger partial charge in [-0.15, -0.1) is 0 Å². The van der Waals surface area contributed by atoms with Crippen LogP contribution in [0.3, 0.4) is 0 Å². The van der Waals surface area contributed by atoms with Crippen molar-refractivity contribution in [3.8, 4) is 11.5 Å². The minimum Gasteiger partial charge on any atom is -0.441 e. The molecule has 0 spiro atoms. The Morgan fingerprint density at radius 3 is 2.58 bits per heavy atom. The summed E-state index contributed by atoms with van der Waals surface area (Å²) in [5.74, 6) is 0.221. The van der Waals surface area contributed by atoms with E-state index in [4.69, 9.17) is 21.8 Å². The van der Waals surface area contributed by atoms with Crippen LogP contribution in [0.15, 0.2) is 52.9 Å². The molecule has 1 heterocycles. The summed E-state index contributed by atoms with van der Waals surface area (Å²) in [5.41, 5.74) is 7.42. The van der Waals surface area contributed by atoms with Gasteiger partial charge in [0.2, 0.25) is 17.7 Å². The van der Waals surface area contributed by atoms with Crippen LogP contribution in [0.1, 0.15) is 21.8 Å². The van der Waals surface area contributed by atoms with Gasteiger partial charge in [-0.2, -0.15) is 0 Å². The Kier molecular flexibility index (Phi) is 5.04. The van der Waals surface area contributed by atoms with Crippen molar-refractivity contribution in [1.29, 1.82) is 0 Å². The number of nitrogens with two attached hydrogens (primary N) is 1. The number of anilines is 1. The van der Waals surface area contributed by atoms with E-state index in [1.54, 1.807) is 49.4 Å². The van der Waals surface area contributed by atoms with Gasteiger partial charge in [0, 0.05) is 21.8 Å². The fraction of sp³-hybridized carbons (Fsp3) is 0.105. The summed E-state index contributed by atoms with van der Waals surface area (Å²) < 4.78 is 5.65. The van der Waals surface area contributed by atoms with Crippen LogP contribution < -0.4 is 11.1 Å². The van der Waals surface area contributed by atoms with Crippen LogP contribution in [0, 0.1) is 6.92 Å². The zero-order chi connectivity index (χ0) is 18.7. The van der Waals surface area contributed by atoms with Crippen molar-refractivity contribution in [1.82, 2.24) is 4.98 Å². The first-order chi connectivity index (χ1) is 12.4. The van der Waals surface area contributed by atoms with E-state index in [9.17, 15) is 9.59 Å². The van der Waals surface area contributed by atoms with Crippen LogP contribution in [0.4, 0.5) is 5.69 Å². The van der Waals surface area contributed by atoms with Crippen LogP contribution >= 0.6 is 11.6 Å². The van der Waals surface area contributed by atoms with E-state index < -0.39 is 5.91 Å². The highest BCUT2D eigenvalue weighted by Crippen LogP contribution is 2.24. The van der Waals surface area contributed by atoms with Gasteiger partial charge in [-0.05, 0) is 49.4 Å². The summed E-state index contributed by atoms with van der Waals surface area (Å²) in [5, 5.41) is 3.33.